The number of nitrogens with one attached hydrogen (secondary N) is 1. The Labute approximate surface area is 149 Å². The molecule has 7 nitrogen and oxygen atoms in total. The molecule has 3 rings (SSSR count). The summed E-state index contributed by atoms with van der Waals surface area (Å²) in [7, 11) is 1.61. The number of hydrogen-bond acceptors (Lipinski definition) is 6. The number of ether oxygens (including phenoxy) is 2. The van der Waals surface area contributed by atoms with Crippen molar-refractivity contribution in [1.29, 1.82) is 0 Å². The van der Waals surface area contributed by atoms with Crippen molar-refractivity contribution in [2.75, 3.05) is 13.7 Å². The second kappa shape index (κ2) is 7.80. The number of furan rings is 1. The van der Waals surface area contributed by atoms with Crippen LogP contribution in [0.5, 0.6) is 11.5 Å². The molecule has 0 spiro atoms. The third kappa shape index (κ3) is 3.80. The number of hydrogen-bond donors (Lipinski definition) is 1. The Morgan fingerprint density at radius 3 is 2.96 bits per heavy atom. The van der Waals surface area contributed by atoms with Crippen LogP contribution in [0.1, 0.15) is 18.9 Å². The second-order valence-corrected chi connectivity index (χ2v) is 5.53. The fourth-order valence-corrected chi connectivity index (χ4v) is 2.37. The van der Waals surface area contributed by atoms with Gasteiger partial charge in [-0.1, -0.05) is 6.92 Å². The minimum Gasteiger partial charge on any atom is -0.493 e. The van der Waals surface area contributed by atoms with E-state index in [1.54, 1.807) is 31.7 Å². The van der Waals surface area contributed by atoms with Crippen molar-refractivity contribution >= 4 is 18.4 Å². The molecule has 0 aliphatic heterocycles. The largest absolute Gasteiger partial charge is 0.493 e. The van der Waals surface area contributed by atoms with Crippen molar-refractivity contribution in [3.8, 4) is 23.1 Å². The van der Waals surface area contributed by atoms with Crippen molar-refractivity contribution in [2.24, 2.45) is 5.10 Å². The summed E-state index contributed by atoms with van der Waals surface area (Å²) in [5.74, 6) is 2.44. The zero-order chi connectivity index (χ0) is 17.6. The summed E-state index contributed by atoms with van der Waals surface area (Å²) in [6.45, 7) is 2.67. The van der Waals surface area contributed by atoms with Crippen LogP contribution in [0.15, 0.2) is 46.1 Å². The maximum absolute atomic E-state index is 5.71. The normalized spacial score (nSPS) is 11.1. The van der Waals surface area contributed by atoms with Crippen LogP contribution in [-0.4, -0.2) is 34.8 Å². The summed E-state index contributed by atoms with van der Waals surface area (Å²) in [4.78, 5) is 0. The highest BCUT2D eigenvalue weighted by molar-refractivity contribution is 7.71. The van der Waals surface area contributed by atoms with E-state index in [0.717, 1.165) is 12.0 Å². The van der Waals surface area contributed by atoms with E-state index in [1.807, 2.05) is 18.2 Å². The molecule has 0 amide bonds. The van der Waals surface area contributed by atoms with Gasteiger partial charge in [0.2, 0.25) is 10.6 Å². The SMILES string of the molecule is CCCOc1cc(/C=N\n2c(-c3ccco3)n[nH]c2=S)ccc1OC. The molecule has 0 unspecified atom stereocenters. The number of H-pyrrole nitrogens is 1. The molecular formula is C17H18N4O3S. The van der Waals surface area contributed by atoms with E-state index in [0.29, 0.717) is 34.5 Å². The van der Waals surface area contributed by atoms with Gasteiger partial charge in [-0.2, -0.15) is 9.78 Å². The molecule has 25 heavy (non-hydrogen) atoms. The molecule has 8 heteroatoms. The molecule has 0 aliphatic carbocycles. The van der Waals surface area contributed by atoms with E-state index >= 15 is 0 Å². The average Bonchev–Trinajstić information content (AvgIpc) is 3.28. The lowest BCUT2D eigenvalue weighted by molar-refractivity contribution is 0.294. The van der Waals surface area contributed by atoms with Crippen LogP contribution in [0.3, 0.4) is 0 Å². The van der Waals surface area contributed by atoms with E-state index in [1.165, 1.54) is 4.68 Å². The minimum atomic E-state index is 0.374. The smallest absolute Gasteiger partial charge is 0.219 e. The van der Waals surface area contributed by atoms with Crippen molar-refractivity contribution in [3.05, 3.63) is 46.9 Å². The van der Waals surface area contributed by atoms with Crippen LogP contribution in [0.4, 0.5) is 0 Å². The fraction of sp³-hybridized carbons (Fsp3) is 0.235. The van der Waals surface area contributed by atoms with Crippen molar-refractivity contribution in [1.82, 2.24) is 14.9 Å². The predicted molar refractivity (Wildman–Crippen MR) is 96.9 cm³/mol. The molecule has 0 bridgehead atoms. The number of aromatic amines is 1. The Bertz CT molecular complexity index is 912. The van der Waals surface area contributed by atoms with E-state index in [9.17, 15) is 0 Å². The maximum Gasteiger partial charge on any atom is 0.219 e. The van der Waals surface area contributed by atoms with Gasteiger partial charge in [-0.05, 0) is 54.5 Å². The van der Waals surface area contributed by atoms with E-state index in [2.05, 4.69) is 22.2 Å². The lowest BCUT2D eigenvalue weighted by Gasteiger charge is -2.10. The highest BCUT2D eigenvalue weighted by atomic mass is 32.1. The number of nitrogens with zero attached hydrogens (tertiary/aromatic N) is 3. The van der Waals surface area contributed by atoms with Gasteiger partial charge in [-0.25, -0.2) is 5.10 Å². The Morgan fingerprint density at radius 2 is 2.24 bits per heavy atom. The van der Waals surface area contributed by atoms with Gasteiger partial charge in [0.1, 0.15) is 0 Å². The number of methoxy groups -OCH3 is 1. The van der Waals surface area contributed by atoms with Crippen LogP contribution in [0.2, 0.25) is 0 Å². The van der Waals surface area contributed by atoms with Crippen molar-refractivity contribution in [3.63, 3.8) is 0 Å². The molecular weight excluding hydrogens is 340 g/mol. The first-order valence-electron chi connectivity index (χ1n) is 7.79. The minimum absolute atomic E-state index is 0.374. The van der Waals surface area contributed by atoms with Gasteiger partial charge in [-0.15, -0.1) is 5.10 Å². The van der Waals surface area contributed by atoms with Crippen LogP contribution < -0.4 is 9.47 Å². The Kier molecular flexibility index (Phi) is 5.30. The van der Waals surface area contributed by atoms with Gasteiger partial charge in [0.25, 0.3) is 0 Å². The number of benzene rings is 1. The van der Waals surface area contributed by atoms with Gasteiger partial charge in [0.05, 0.1) is 26.2 Å². The second-order valence-electron chi connectivity index (χ2n) is 5.14. The predicted octanol–water partition coefficient (Wildman–Crippen LogP) is 3.88. The molecule has 130 valence electrons. The molecule has 0 atom stereocenters. The fourth-order valence-electron chi connectivity index (χ4n) is 2.19. The monoisotopic (exact) mass is 358 g/mol. The Morgan fingerprint density at radius 1 is 1.36 bits per heavy atom. The van der Waals surface area contributed by atoms with E-state index in [-0.39, 0.29) is 0 Å². The van der Waals surface area contributed by atoms with Crippen molar-refractivity contribution in [2.45, 2.75) is 13.3 Å². The summed E-state index contributed by atoms with van der Waals surface area (Å²) in [6.07, 6.45) is 4.16. The molecule has 1 aromatic carbocycles. The molecule has 0 aliphatic rings. The first kappa shape index (κ1) is 17.0. The molecule has 0 saturated heterocycles. The lowest BCUT2D eigenvalue weighted by atomic mass is 10.2. The van der Waals surface area contributed by atoms with Crippen molar-refractivity contribution < 1.29 is 13.9 Å². The molecule has 3 aromatic rings. The highest BCUT2D eigenvalue weighted by Crippen LogP contribution is 2.27. The summed E-state index contributed by atoms with van der Waals surface area (Å²) >= 11 is 5.23. The van der Waals surface area contributed by atoms with Crippen LogP contribution >= 0.6 is 12.2 Å². The standard InChI is InChI=1S/C17H18N4O3S/c1-3-8-23-15-10-12(6-7-13(15)22-2)11-18-21-16(19-20-17(21)25)14-5-4-9-24-14/h4-7,9-11H,3,8H2,1-2H3,(H,20,25)/b18-11-. The molecule has 0 saturated carbocycles. The zero-order valence-corrected chi connectivity index (χ0v) is 14.7. The summed E-state index contributed by atoms with van der Waals surface area (Å²) in [6, 6.07) is 9.17. The Balaban J connectivity index is 1.90. The molecule has 0 radical (unpaired) electrons. The van der Waals surface area contributed by atoms with Crippen LogP contribution in [0.25, 0.3) is 11.6 Å². The number of aromatic nitrogens is 3. The summed E-state index contributed by atoms with van der Waals surface area (Å²) in [5.41, 5.74) is 0.848. The first-order valence-corrected chi connectivity index (χ1v) is 8.20. The maximum atomic E-state index is 5.71. The number of rotatable bonds is 7. The van der Waals surface area contributed by atoms with Gasteiger partial charge >= 0.3 is 0 Å². The van der Waals surface area contributed by atoms with E-state index < -0.39 is 0 Å². The Hall–Kier alpha value is -2.87. The zero-order valence-electron chi connectivity index (χ0n) is 13.9. The quantitative estimate of drug-likeness (QED) is 0.512. The molecule has 0 fully saturated rings. The first-order chi connectivity index (χ1) is 12.2. The van der Waals surface area contributed by atoms with Crippen LogP contribution in [-0.2, 0) is 0 Å². The lowest BCUT2D eigenvalue weighted by Crippen LogP contribution is -1.99. The van der Waals surface area contributed by atoms with E-state index in [4.69, 9.17) is 26.1 Å². The van der Waals surface area contributed by atoms with Gasteiger partial charge in [0, 0.05) is 0 Å². The molecule has 2 heterocycles. The highest BCUT2D eigenvalue weighted by Gasteiger charge is 2.10. The van der Waals surface area contributed by atoms with Crippen LogP contribution in [0, 0.1) is 4.77 Å². The molecule has 2 aromatic heterocycles. The third-order valence-electron chi connectivity index (χ3n) is 3.36. The average molecular weight is 358 g/mol. The summed E-state index contributed by atoms with van der Waals surface area (Å²) < 4.78 is 18.3. The van der Waals surface area contributed by atoms with Gasteiger partial charge < -0.3 is 13.9 Å². The van der Waals surface area contributed by atoms with Gasteiger partial charge in [-0.3, -0.25) is 0 Å². The molecule has 1 N–H and O–H groups in total. The van der Waals surface area contributed by atoms with Gasteiger partial charge in [0.15, 0.2) is 17.3 Å². The topological polar surface area (TPSA) is 77.6 Å². The summed E-state index contributed by atoms with van der Waals surface area (Å²) in [5, 5.41) is 11.3. The third-order valence-corrected chi connectivity index (χ3v) is 3.63.